The summed E-state index contributed by atoms with van der Waals surface area (Å²) in [5.74, 6) is 1.67. The Morgan fingerprint density at radius 2 is 1.90 bits per heavy atom. The number of methoxy groups -OCH3 is 1. The molecule has 0 radical (unpaired) electrons. The fourth-order valence-corrected chi connectivity index (χ4v) is 4.12. The maximum Gasteiger partial charge on any atom is 0.231 e. The zero-order valence-corrected chi connectivity index (χ0v) is 18.0. The third kappa shape index (κ3) is 4.35. The zero-order valence-electron chi connectivity index (χ0n) is 18.0. The second kappa shape index (κ2) is 8.71. The third-order valence-electron chi connectivity index (χ3n) is 5.63. The molecular formula is C24H26N2O5. The van der Waals surface area contributed by atoms with Crippen LogP contribution in [0.25, 0.3) is 6.08 Å². The monoisotopic (exact) mass is 422 g/mol. The number of ether oxygens (including phenoxy) is 3. The first-order valence-electron chi connectivity index (χ1n) is 10.2. The molecule has 1 saturated heterocycles. The molecule has 7 nitrogen and oxygen atoms in total. The van der Waals surface area contributed by atoms with E-state index < -0.39 is 0 Å². The number of carbonyl (C=O) groups excluding carboxylic acids is 2. The van der Waals surface area contributed by atoms with E-state index >= 15 is 0 Å². The molecule has 1 fully saturated rings. The Bertz CT molecular complexity index is 1020. The first-order valence-corrected chi connectivity index (χ1v) is 10.2. The maximum absolute atomic E-state index is 12.5. The molecule has 2 aliphatic rings. The van der Waals surface area contributed by atoms with E-state index in [1.165, 1.54) is 0 Å². The molecule has 2 aromatic carbocycles. The van der Waals surface area contributed by atoms with Gasteiger partial charge in [-0.25, -0.2) is 0 Å². The molecule has 7 heteroatoms. The second-order valence-electron chi connectivity index (χ2n) is 7.71. The number of benzene rings is 2. The van der Waals surface area contributed by atoms with Gasteiger partial charge in [-0.1, -0.05) is 30.3 Å². The van der Waals surface area contributed by atoms with E-state index in [0.717, 1.165) is 16.8 Å². The predicted molar refractivity (Wildman–Crippen MR) is 116 cm³/mol. The van der Waals surface area contributed by atoms with Crippen molar-refractivity contribution in [2.24, 2.45) is 0 Å². The van der Waals surface area contributed by atoms with E-state index in [-0.39, 0.29) is 24.6 Å². The van der Waals surface area contributed by atoms with E-state index in [4.69, 9.17) is 14.2 Å². The van der Waals surface area contributed by atoms with Gasteiger partial charge in [0.1, 0.15) is 0 Å². The lowest BCUT2D eigenvalue weighted by molar-refractivity contribution is -0.137. The van der Waals surface area contributed by atoms with Gasteiger partial charge in [0.25, 0.3) is 0 Å². The van der Waals surface area contributed by atoms with Gasteiger partial charge in [-0.15, -0.1) is 0 Å². The molecule has 0 saturated carbocycles. The Balaban J connectivity index is 1.66. The Morgan fingerprint density at radius 3 is 2.58 bits per heavy atom. The lowest BCUT2D eigenvalue weighted by Gasteiger charge is -2.42. The lowest BCUT2D eigenvalue weighted by Crippen LogP contribution is -2.55. The van der Waals surface area contributed by atoms with Crippen molar-refractivity contribution in [3.63, 3.8) is 0 Å². The molecule has 2 aliphatic heterocycles. The molecule has 1 atom stereocenters. The summed E-state index contributed by atoms with van der Waals surface area (Å²) < 4.78 is 16.4. The average Bonchev–Trinajstić information content (AvgIpc) is 3.23. The Hall–Kier alpha value is -3.48. The summed E-state index contributed by atoms with van der Waals surface area (Å²) in [5, 5.41) is 0. The molecule has 0 aromatic heterocycles. The van der Waals surface area contributed by atoms with Gasteiger partial charge >= 0.3 is 0 Å². The Morgan fingerprint density at radius 1 is 1.13 bits per heavy atom. The Kier molecular flexibility index (Phi) is 5.84. The highest BCUT2D eigenvalue weighted by Gasteiger charge is 2.33. The lowest BCUT2D eigenvalue weighted by atomic mass is 10.00. The van der Waals surface area contributed by atoms with Crippen LogP contribution >= 0.6 is 0 Å². The number of piperazine rings is 1. The van der Waals surface area contributed by atoms with Crippen LogP contribution in [0.2, 0.25) is 0 Å². The van der Waals surface area contributed by atoms with Gasteiger partial charge in [0.05, 0.1) is 19.7 Å². The molecule has 2 heterocycles. The SMILES string of the molecule is COc1cc(/C=C2\CN(C(C)=O)[C@@H](Cc3ccccc3)CN2C(C)=O)cc2c1OCO2. The first-order chi connectivity index (χ1) is 15.0. The van der Waals surface area contributed by atoms with Crippen molar-refractivity contribution in [3.8, 4) is 17.2 Å². The van der Waals surface area contributed by atoms with Crippen LogP contribution < -0.4 is 14.2 Å². The van der Waals surface area contributed by atoms with Crippen LogP contribution in [0.4, 0.5) is 0 Å². The van der Waals surface area contributed by atoms with Crippen LogP contribution in [-0.2, 0) is 16.0 Å². The summed E-state index contributed by atoms with van der Waals surface area (Å²) in [5.41, 5.74) is 2.70. The van der Waals surface area contributed by atoms with Crippen LogP contribution in [0.5, 0.6) is 17.2 Å². The highest BCUT2D eigenvalue weighted by Crippen LogP contribution is 2.42. The van der Waals surface area contributed by atoms with Crippen molar-refractivity contribution in [2.75, 3.05) is 27.0 Å². The zero-order chi connectivity index (χ0) is 22.0. The van der Waals surface area contributed by atoms with E-state index in [9.17, 15) is 9.59 Å². The summed E-state index contributed by atoms with van der Waals surface area (Å²) in [6.07, 6.45) is 2.59. The molecule has 0 bridgehead atoms. The van der Waals surface area contributed by atoms with Gasteiger partial charge in [-0.2, -0.15) is 0 Å². The summed E-state index contributed by atoms with van der Waals surface area (Å²) in [6, 6.07) is 13.6. The second-order valence-corrected chi connectivity index (χ2v) is 7.71. The smallest absolute Gasteiger partial charge is 0.231 e. The molecule has 2 aromatic rings. The minimum absolute atomic E-state index is 0.0155. The van der Waals surface area contributed by atoms with E-state index in [1.807, 2.05) is 53.4 Å². The number of amides is 2. The Labute approximate surface area is 181 Å². The summed E-state index contributed by atoms with van der Waals surface area (Å²) in [6.45, 7) is 4.06. The highest BCUT2D eigenvalue weighted by atomic mass is 16.7. The molecular weight excluding hydrogens is 396 g/mol. The van der Waals surface area contributed by atoms with Crippen molar-refractivity contribution < 1.29 is 23.8 Å². The fraction of sp³-hybridized carbons (Fsp3) is 0.333. The molecule has 0 N–H and O–H groups in total. The van der Waals surface area contributed by atoms with Crippen LogP contribution in [0.3, 0.4) is 0 Å². The molecule has 0 spiro atoms. The highest BCUT2D eigenvalue weighted by molar-refractivity contribution is 5.80. The first kappa shape index (κ1) is 20.8. The quantitative estimate of drug-likeness (QED) is 0.758. The normalized spacial score (nSPS) is 18.9. The minimum Gasteiger partial charge on any atom is -0.493 e. The van der Waals surface area contributed by atoms with Crippen LogP contribution in [0.15, 0.2) is 48.2 Å². The van der Waals surface area contributed by atoms with Gasteiger partial charge in [-0.3, -0.25) is 9.59 Å². The number of hydrogen-bond acceptors (Lipinski definition) is 5. The molecule has 2 amide bonds. The van der Waals surface area contributed by atoms with E-state index in [2.05, 4.69) is 0 Å². The molecule has 162 valence electrons. The molecule has 0 aliphatic carbocycles. The van der Waals surface area contributed by atoms with Gasteiger partial charge in [-0.05, 0) is 35.8 Å². The number of nitrogens with zero attached hydrogens (tertiary/aromatic N) is 2. The largest absolute Gasteiger partial charge is 0.493 e. The number of hydrogen-bond donors (Lipinski definition) is 0. The standard InChI is InChI=1S/C24H26N2O5/c1-16(27)25-14-21(10-19-11-22(29-3)24-23(12-19)30-15-31-24)26(17(2)28)13-20(25)9-18-7-5-4-6-8-18/h4-8,10-12,20H,9,13-15H2,1-3H3/b21-10+/t20-/m0/s1. The number of fused-ring (bicyclic) bond motifs is 1. The molecule has 0 unspecified atom stereocenters. The maximum atomic E-state index is 12.5. The van der Waals surface area contributed by atoms with Crippen LogP contribution in [0, 0.1) is 0 Å². The van der Waals surface area contributed by atoms with Crippen molar-refractivity contribution in [3.05, 3.63) is 59.3 Å². The van der Waals surface area contributed by atoms with Crippen molar-refractivity contribution in [1.82, 2.24) is 9.80 Å². The summed E-state index contributed by atoms with van der Waals surface area (Å²) in [7, 11) is 1.57. The molecule has 4 rings (SSSR count). The fourth-order valence-electron chi connectivity index (χ4n) is 4.12. The van der Waals surface area contributed by atoms with E-state index in [0.29, 0.717) is 36.8 Å². The minimum atomic E-state index is -0.0905. The van der Waals surface area contributed by atoms with Crippen LogP contribution in [0.1, 0.15) is 25.0 Å². The van der Waals surface area contributed by atoms with Crippen molar-refractivity contribution in [1.29, 1.82) is 0 Å². The topological polar surface area (TPSA) is 68.3 Å². The number of rotatable bonds is 4. The predicted octanol–water partition coefficient (Wildman–Crippen LogP) is 3.09. The average molecular weight is 422 g/mol. The number of carbonyl (C=O) groups is 2. The molecule has 31 heavy (non-hydrogen) atoms. The van der Waals surface area contributed by atoms with Gasteiger partial charge in [0.15, 0.2) is 11.5 Å². The van der Waals surface area contributed by atoms with Crippen LogP contribution in [-0.4, -0.2) is 54.6 Å². The van der Waals surface area contributed by atoms with Crippen molar-refractivity contribution in [2.45, 2.75) is 26.3 Å². The van der Waals surface area contributed by atoms with Gasteiger partial charge in [0.2, 0.25) is 24.4 Å². The summed E-state index contributed by atoms with van der Waals surface area (Å²) >= 11 is 0. The van der Waals surface area contributed by atoms with Gasteiger partial charge in [0, 0.05) is 26.1 Å². The van der Waals surface area contributed by atoms with Gasteiger partial charge < -0.3 is 24.0 Å². The van der Waals surface area contributed by atoms with E-state index in [1.54, 1.807) is 25.9 Å². The van der Waals surface area contributed by atoms with Crippen molar-refractivity contribution >= 4 is 17.9 Å². The summed E-state index contributed by atoms with van der Waals surface area (Å²) in [4.78, 5) is 28.6. The third-order valence-corrected chi connectivity index (χ3v) is 5.63.